The van der Waals surface area contributed by atoms with Gasteiger partial charge < -0.3 is 15.4 Å². The molecule has 4 nitrogen and oxygen atoms in total. The largest absolute Gasteiger partial charge is 0.377 e. The fraction of sp³-hybridized carbons (Fsp3) is 0.696. The van der Waals surface area contributed by atoms with E-state index in [0.29, 0.717) is 23.8 Å². The smallest absolute Gasteiger partial charge is 0.217 e. The number of benzene rings is 1. The fourth-order valence-corrected chi connectivity index (χ4v) is 6.42. The minimum atomic E-state index is -0.150. The summed E-state index contributed by atoms with van der Waals surface area (Å²) in [6.45, 7) is 9.38. The number of hydrogen-bond donors (Lipinski definition) is 2. The van der Waals surface area contributed by atoms with Crippen molar-refractivity contribution >= 4 is 5.91 Å². The zero-order valence-electron chi connectivity index (χ0n) is 17.1. The van der Waals surface area contributed by atoms with Gasteiger partial charge in [-0.15, -0.1) is 0 Å². The Balaban J connectivity index is 1.70. The summed E-state index contributed by atoms with van der Waals surface area (Å²) in [7, 11) is 0. The predicted molar refractivity (Wildman–Crippen MR) is 107 cm³/mol. The molecule has 3 aliphatic rings. The van der Waals surface area contributed by atoms with E-state index in [1.807, 2.05) is 0 Å². The van der Waals surface area contributed by atoms with Crippen LogP contribution in [-0.4, -0.2) is 35.7 Å². The number of fused-ring (bicyclic) bond motifs is 4. The molecule has 0 spiro atoms. The quantitative estimate of drug-likeness (QED) is 0.858. The van der Waals surface area contributed by atoms with E-state index in [9.17, 15) is 4.79 Å². The van der Waals surface area contributed by atoms with Gasteiger partial charge in [-0.05, 0) is 63.9 Å². The number of nitrogens with one attached hydrogen (secondary N) is 2. The summed E-state index contributed by atoms with van der Waals surface area (Å²) < 4.78 is 6.35. The van der Waals surface area contributed by atoms with Crippen molar-refractivity contribution in [3.63, 3.8) is 0 Å². The Morgan fingerprint density at radius 3 is 2.63 bits per heavy atom. The van der Waals surface area contributed by atoms with E-state index in [0.717, 1.165) is 25.9 Å². The molecule has 2 bridgehead atoms. The first kappa shape index (κ1) is 18.9. The lowest BCUT2D eigenvalue weighted by Crippen LogP contribution is -2.75. The van der Waals surface area contributed by atoms with Crippen molar-refractivity contribution in [2.75, 3.05) is 6.61 Å². The molecular weight excluding hydrogens is 336 g/mol. The van der Waals surface area contributed by atoms with E-state index in [2.05, 4.69) is 61.7 Å². The van der Waals surface area contributed by atoms with Crippen LogP contribution in [0.25, 0.3) is 0 Å². The maximum absolute atomic E-state index is 12.2. The Hall–Kier alpha value is -1.39. The molecule has 2 N–H and O–H groups in total. The monoisotopic (exact) mass is 370 g/mol. The van der Waals surface area contributed by atoms with Crippen LogP contribution in [0.4, 0.5) is 0 Å². The third kappa shape index (κ3) is 3.31. The molecule has 1 aromatic rings. The van der Waals surface area contributed by atoms with Crippen LogP contribution >= 0.6 is 0 Å². The predicted octanol–water partition coefficient (Wildman–Crippen LogP) is 3.31. The summed E-state index contributed by atoms with van der Waals surface area (Å²) in [5, 5.41) is 7.33. The topological polar surface area (TPSA) is 50.4 Å². The fourth-order valence-electron chi connectivity index (χ4n) is 6.42. The molecule has 1 aliphatic carbocycles. The molecule has 148 valence electrons. The third-order valence-electron chi connectivity index (χ3n) is 7.61. The van der Waals surface area contributed by atoms with Gasteiger partial charge in [0, 0.05) is 31.0 Å². The number of ether oxygens (including phenoxy) is 1. The summed E-state index contributed by atoms with van der Waals surface area (Å²) in [6.07, 6.45) is 4.32. The summed E-state index contributed by atoms with van der Waals surface area (Å²) in [5.41, 5.74) is 1.30. The van der Waals surface area contributed by atoms with Gasteiger partial charge in [0.05, 0.1) is 11.6 Å². The Kier molecular flexibility index (Phi) is 4.84. The van der Waals surface area contributed by atoms with Crippen LogP contribution in [0.3, 0.4) is 0 Å². The molecule has 1 saturated carbocycles. The second-order valence-electron chi connectivity index (χ2n) is 9.61. The molecule has 2 saturated heterocycles. The molecule has 2 heterocycles. The summed E-state index contributed by atoms with van der Waals surface area (Å²) in [4.78, 5) is 12.2. The second kappa shape index (κ2) is 6.89. The molecule has 4 rings (SSSR count). The normalized spacial score (nSPS) is 40.1. The first-order valence-corrected chi connectivity index (χ1v) is 10.5. The van der Waals surface area contributed by atoms with E-state index in [4.69, 9.17) is 4.74 Å². The van der Waals surface area contributed by atoms with Crippen molar-refractivity contribution in [3.05, 3.63) is 35.9 Å². The molecule has 4 heteroatoms. The van der Waals surface area contributed by atoms with Crippen LogP contribution in [0.1, 0.15) is 52.5 Å². The molecule has 1 amide bonds. The average Bonchev–Trinajstić information content (AvgIpc) is 2.60. The van der Waals surface area contributed by atoms with E-state index in [1.54, 1.807) is 6.92 Å². The van der Waals surface area contributed by atoms with Gasteiger partial charge >= 0.3 is 0 Å². The molecule has 3 fully saturated rings. The van der Waals surface area contributed by atoms with Crippen LogP contribution < -0.4 is 10.6 Å². The Bertz CT molecular complexity index is 689. The van der Waals surface area contributed by atoms with Crippen molar-refractivity contribution in [2.45, 2.75) is 76.6 Å². The third-order valence-corrected chi connectivity index (χ3v) is 7.61. The van der Waals surface area contributed by atoms with Gasteiger partial charge in [-0.2, -0.15) is 0 Å². The van der Waals surface area contributed by atoms with Gasteiger partial charge in [0.15, 0.2) is 0 Å². The van der Waals surface area contributed by atoms with Gasteiger partial charge in [-0.3, -0.25) is 4.79 Å². The Labute approximate surface area is 163 Å². The van der Waals surface area contributed by atoms with Crippen LogP contribution in [0, 0.1) is 17.8 Å². The molecule has 2 unspecified atom stereocenters. The molecule has 6 atom stereocenters. The lowest BCUT2D eigenvalue weighted by molar-refractivity contribution is -0.158. The minimum Gasteiger partial charge on any atom is -0.377 e. The zero-order valence-corrected chi connectivity index (χ0v) is 17.1. The minimum absolute atomic E-state index is 0.0934. The van der Waals surface area contributed by atoms with Gasteiger partial charge in [0.2, 0.25) is 5.91 Å². The number of carbonyl (C=O) groups excluding carboxylic acids is 1. The molecule has 1 aromatic carbocycles. The van der Waals surface area contributed by atoms with Crippen molar-refractivity contribution in [1.82, 2.24) is 10.6 Å². The van der Waals surface area contributed by atoms with E-state index >= 15 is 0 Å². The summed E-state index contributed by atoms with van der Waals surface area (Å²) in [6, 6.07) is 11.0. The van der Waals surface area contributed by atoms with E-state index in [1.165, 1.54) is 12.0 Å². The number of carbonyl (C=O) groups is 1. The van der Waals surface area contributed by atoms with Gasteiger partial charge in [-0.1, -0.05) is 30.3 Å². The molecule has 2 aliphatic heterocycles. The maximum Gasteiger partial charge on any atom is 0.217 e. The molecule has 0 radical (unpaired) electrons. The number of amides is 1. The number of hydrogen-bond acceptors (Lipinski definition) is 3. The SMILES string of the molecule is CC(=O)N[C@]12CCO[C@@H](Cc3ccccc3)[C@@H]1CC1CC2[C@@H](C)NC1(C)C. The zero-order chi connectivity index (χ0) is 19.2. The number of piperidine rings is 1. The highest BCUT2D eigenvalue weighted by atomic mass is 16.5. The Morgan fingerprint density at radius 2 is 1.93 bits per heavy atom. The first-order chi connectivity index (χ1) is 12.8. The highest BCUT2D eigenvalue weighted by molar-refractivity contribution is 5.74. The van der Waals surface area contributed by atoms with Crippen molar-refractivity contribution in [1.29, 1.82) is 0 Å². The van der Waals surface area contributed by atoms with Crippen LogP contribution in [0.15, 0.2) is 30.3 Å². The summed E-state index contributed by atoms with van der Waals surface area (Å²) in [5.74, 6) is 1.53. The van der Waals surface area contributed by atoms with Crippen LogP contribution in [-0.2, 0) is 16.0 Å². The van der Waals surface area contributed by atoms with Gasteiger partial charge in [0.1, 0.15) is 0 Å². The van der Waals surface area contributed by atoms with Crippen molar-refractivity contribution in [2.24, 2.45) is 17.8 Å². The Morgan fingerprint density at radius 1 is 1.22 bits per heavy atom. The molecule has 27 heavy (non-hydrogen) atoms. The lowest BCUT2D eigenvalue weighted by atomic mass is 9.52. The van der Waals surface area contributed by atoms with Crippen molar-refractivity contribution in [3.8, 4) is 0 Å². The van der Waals surface area contributed by atoms with Gasteiger partial charge in [-0.25, -0.2) is 0 Å². The maximum atomic E-state index is 12.2. The number of rotatable bonds is 3. The standard InChI is InChI=1S/C23H34N2O2/c1-15-19-13-18(22(3,4)24-15)14-20-21(12-17-8-6-5-7-9-17)27-11-10-23(19,20)25-16(2)26/h5-9,15,18-21,24H,10-14H2,1-4H3,(H,25,26)/t15-,18?,19?,20+,21+,23+/m1/s1. The molecule has 0 aromatic heterocycles. The lowest BCUT2D eigenvalue weighted by Gasteiger charge is -2.63. The highest BCUT2D eigenvalue weighted by Gasteiger charge is 2.60. The van der Waals surface area contributed by atoms with E-state index < -0.39 is 0 Å². The van der Waals surface area contributed by atoms with Crippen LogP contribution in [0.5, 0.6) is 0 Å². The highest BCUT2D eigenvalue weighted by Crippen LogP contribution is 2.54. The van der Waals surface area contributed by atoms with Crippen LogP contribution in [0.2, 0.25) is 0 Å². The summed E-state index contributed by atoms with van der Waals surface area (Å²) >= 11 is 0. The molecular formula is C23H34N2O2. The first-order valence-electron chi connectivity index (χ1n) is 10.5. The average molecular weight is 371 g/mol. The van der Waals surface area contributed by atoms with Crippen molar-refractivity contribution < 1.29 is 9.53 Å². The van der Waals surface area contributed by atoms with E-state index in [-0.39, 0.29) is 23.1 Å². The second-order valence-corrected chi connectivity index (χ2v) is 9.61. The van der Waals surface area contributed by atoms with Gasteiger partial charge in [0.25, 0.3) is 0 Å².